The molecule has 1 rings (SSSR count). The van der Waals surface area contributed by atoms with Crippen molar-refractivity contribution in [2.45, 2.75) is 12.4 Å². The van der Waals surface area contributed by atoms with E-state index in [0.717, 1.165) is 0 Å². The molecule has 0 amide bonds. The molecule has 0 aromatic heterocycles. The van der Waals surface area contributed by atoms with Crippen LogP contribution in [-0.2, 0) is 4.79 Å². The van der Waals surface area contributed by atoms with Gasteiger partial charge in [0.25, 0.3) is 0 Å². The Bertz CT molecular complexity index is 477. The maximum atomic E-state index is 11.7. The summed E-state index contributed by atoms with van der Waals surface area (Å²) in [6.45, 7) is 0. The fraction of sp³-hybridized carbons (Fsp3) is 0.200. The first-order chi connectivity index (χ1) is 7.74. The second-order valence-corrected chi connectivity index (χ2v) is 3.60. The Hall–Kier alpha value is -1.59. The molecule has 0 bridgehead atoms. The number of rotatable bonds is 4. The predicted molar refractivity (Wildman–Crippen MR) is 60.4 cm³/mol. The van der Waals surface area contributed by atoms with Crippen LogP contribution in [0.5, 0.6) is 0 Å². The molecule has 1 unspecified atom stereocenters. The molecule has 5 nitrogen and oxygen atoms in total. The number of ketones is 1. The van der Waals surface area contributed by atoms with Gasteiger partial charge in [-0.05, 0) is 18.2 Å². The van der Waals surface area contributed by atoms with Gasteiger partial charge in [0.15, 0.2) is 5.78 Å². The molecule has 16 heavy (non-hydrogen) atoms. The van der Waals surface area contributed by atoms with Crippen LogP contribution in [0.4, 0.5) is 5.69 Å². The van der Waals surface area contributed by atoms with E-state index in [0.29, 0.717) is 5.02 Å². The van der Waals surface area contributed by atoms with Gasteiger partial charge in [0.1, 0.15) is 6.02 Å². The average Bonchev–Trinajstić information content (AvgIpc) is 2.15. The lowest BCUT2D eigenvalue weighted by Gasteiger charge is -2.07. The van der Waals surface area contributed by atoms with Gasteiger partial charge in [-0.1, -0.05) is 11.6 Å². The second-order valence-electron chi connectivity index (χ2n) is 3.16. The number of Topliss-reactive ketones (excluding diaryl/α,β-unsaturated/α-hetero) is 1. The summed E-state index contributed by atoms with van der Waals surface area (Å²) in [5, 5.41) is 9.00. The summed E-state index contributed by atoms with van der Waals surface area (Å²) in [6, 6.07) is 1.84. The Morgan fingerprint density at radius 1 is 1.56 bits per heavy atom. The Labute approximate surface area is 98.4 Å². The van der Waals surface area contributed by atoms with Crippen molar-refractivity contribution in [1.82, 2.24) is 0 Å². The van der Waals surface area contributed by atoms with E-state index in [1.165, 1.54) is 18.2 Å². The van der Waals surface area contributed by atoms with Gasteiger partial charge in [-0.2, -0.15) is 0 Å². The molecule has 1 aromatic rings. The minimum atomic E-state index is -2.36. The lowest BCUT2D eigenvalue weighted by atomic mass is 10.0. The van der Waals surface area contributed by atoms with Crippen LogP contribution in [0.2, 0.25) is 5.02 Å². The van der Waals surface area contributed by atoms with Crippen LogP contribution in [0.1, 0.15) is 18.1 Å². The van der Waals surface area contributed by atoms with Crippen LogP contribution in [0.25, 0.3) is 0 Å². The van der Waals surface area contributed by atoms with E-state index in [-0.39, 0.29) is 11.3 Å². The Balaban J connectivity index is 2.95. The summed E-state index contributed by atoms with van der Waals surface area (Å²) in [5.74, 6) is -2.18. The number of hydrogen-bond donors (Lipinski definition) is 3. The highest BCUT2D eigenvalue weighted by molar-refractivity contribution is 6.31. The third-order valence-electron chi connectivity index (χ3n) is 1.94. The van der Waals surface area contributed by atoms with Crippen LogP contribution in [0.3, 0.4) is 0 Å². The van der Waals surface area contributed by atoms with Crippen LogP contribution in [0.15, 0.2) is 18.2 Å². The summed E-state index contributed by atoms with van der Waals surface area (Å²) < 4.78 is 7.26. The minimum absolute atomic E-state index is 0.109. The summed E-state index contributed by atoms with van der Waals surface area (Å²) in [6.07, 6.45) is -0.659. The van der Waals surface area contributed by atoms with Crippen molar-refractivity contribution in [3.8, 4) is 0 Å². The SMILES string of the molecule is [2H]C(N)(CC(=O)c1ccc(Cl)cc1N)C(=O)O. The Morgan fingerprint density at radius 2 is 2.19 bits per heavy atom. The molecule has 0 saturated carbocycles. The second kappa shape index (κ2) is 4.96. The molecule has 0 fully saturated rings. The van der Waals surface area contributed by atoms with Crippen LogP contribution < -0.4 is 11.5 Å². The summed E-state index contributed by atoms with van der Waals surface area (Å²) in [7, 11) is 0. The zero-order chi connectivity index (χ0) is 13.2. The Kier molecular flexibility index (Phi) is 3.38. The number of anilines is 1. The molecule has 6 heteroatoms. The standard InChI is InChI=1S/C10H11ClN2O3/c11-5-1-2-6(7(12)3-5)9(14)4-8(13)10(15)16/h1-3,8H,4,12-13H2,(H,15,16)/i8D. The lowest BCUT2D eigenvalue weighted by Crippen LogP contribution is -2.32. The monoisotopic (exact) mass is 243 g/mol. The maximum absolute atomic E-state index is 11.7. The minimum Gasteiger partial charge on any atom is -0.480 e. The van der Waals surface area contributed by atoms with Crippen LogP contribution >= 0.6 is 11.6 Å². The van der Waals surface area contributed by atoms with E-state index in [9.17, 15) is 9.59 Å². The molecule has 5 N–H and O–H groups in total. The normalized spacial score (nSPS) is 15.0. The number of carbonyl (C=O) groups excluding carboxylic acids is 1. The molecule has 0 aliphatic heterocycles. The number of carbonyl (C=O) groups is 2. The predicted octanol–water partition coefficient (Wildman–Crippen LogP) is 0.907. The quantitative estimate of drug-likeness (QED) is 0.538. The number of benzene rings is 1. The number of carboxylic acids is 1. The molecule has 1 atom stereocenters. The number of nitrogens with two attached hydrogens (primary N) is 2. The molecule has 0 saturated heterocycles. The van der Waals surface area contributed by atoms with Crippen LogP contribution in [0, 0.1) is 0 Å². The number of carboxylic acid groups (broad SMARTS) is 1. The molecular formula is C10H11ClN2O3. The fourth-order valence-electron chi connectivity index (χ4n) is 1.13. The average molecular weight is 244 g/mol. The molecule has 0 heterocycles. The van der Waals surface area contributed by atoms with Crippen molar-refractivity contribution in [2.24, 2.45) is 5.73 Å². The van der Waals surface area contributed by atoms with Gasteiger partial charge in [-0.25, -0.2) is 0 Å². The topological polar surface area (TPSA) is 106 Å². The first-order valence-electron chi connectivity index (χ1n) is 4.84. The van der Waals surface area contributed by atoms with Gasteiger partial charge in [0.05, 0.1) is 1.37 Å². The fourth-order valence-corrected chi connectivity index (χ4v) is 1.31. The molecular weight excluding hydrogens is 232 g/mol. The summed E-state index contributed by atoms with van der Waals surface area (Å²) in [4.78, 5) is 22.3. The third kappa shape index (κ3) is 2.95. The summed E-state index contributed by atoms with van der Waals surface area (Å²) >= 11 is 5.66. The molecule has 0 aliphatic rings. The maximum Gasteiger partial charge on any atom is 0.320 e. The zero-order valence-electron chi connectivity index (χ0n) is 9.24. The van der Waals surface area contributed by atoms with E-state index in [1.54, 1.807) is 0 Å². The van der Waals surface area contributed by atoms with Crippen molar-refractivity contribution >= 4 is 29.0 Å². The largest absolute Gasteiger partial charge is 0.480 e. The molecule has 0 aliphatic carbocycles. The van der Waals surface area contributed by atoms with E-state index < -0.39 is 24.2 Å². The Morgan fingerprint density at radius 3 is 2.69 bits per heavy atom. The smallest absolute Gasteiger partial charge is 0.320 e. The van der Waals surface area contributed by atoms with Gasteiger partial charge in [-0.3, -0.25) is 9.59 Å². The first-order valence-corrected chi connectivity index (χ1v) is 4.72. The van der Waals surface area contributed by atoms with E-state index in [1.807, 2.05) is 0 Å². The van der Waals surface area contributed by atoms with Gasteiger partial charge in [0.2, 0.25) is 0 Å². The van der Waals surface area contributed by atoms with Gasteiger partial charge in [0, 0.05) is 22.7 Å². The van der Waals surface area contributed by atoms with E-state index in [4.69, 9.17) is 29.5 Å². The van der Waals surface area contributed by atoms with E-state index in [2.05, 4.69) is 0 Å². The molecule has 1 aromatic carbocycles. The van der Waals surface area contributed by atoms with Gasteiger partial charge < -0.3 is 16.6 Å². The summed E-state index contributed by atoms with van der Waals surface area (Å²) in [5.41, 5.74) is 11.0. The van der Waals surface area contributed by atoms with Crippen molar-refractivity contribution in [3.05, 3.63) is 28.8 Å². The highest BCUT2D eigenvalue weighted by Crippen LogP contribution is 2.19. The number of nitrogen functional groups attached to an aromatic ring is 1. The highest BCUT2D eigenvalue weighted by atomic mass is 35.5. The number of halogens is 1. The first kappa shape index (κ1) is 10.9. The molecule has 0 spiro atoms. The lowest BCUT2D eigenvalue weighted by molar-refractivity contribution is -0.138. The van der Waals surface area contributed by atoms with Crippen molar-refractivity contribution in [2.75, 3.05) is 5.73 Å². The zero-order valence-corrected chi connectivity index (χ0v) is 8.99. The van der Waals surface area contributed by atoms with Gasteiger partial charge >= 0.3 is 5.97 Å². The van der Waals surface area contributed by atoms with Crippen LogP contribution in [-0.4, -0.2) is 22.9 Å². The van der Waals surface area contributed by atoms with E-state index >= 15 is 0 Å². The highest BCUT2D eigenvalue weighted by Gasteiger charge is 2.18. The number of hydrogen-bond acceptors (Lipinski definition) is 4. The van der Waals surface area contributed by atoms with Crippen molar-refractivity contribution in [3.63, 3.8) is 0 Å². The van der Waals surface area contributed by atoms with Crippen molar-refractivity contribution < 1.29 is 16.1 Å². The molecule has 86 valence electrons. The van der Waals surface area contributed by atoms with Gasteiger partial charge in [-0.15, -0.1) is 0 Å². The molecule has 0 radical (unpaired) electrons. The van der Waals surface area contributed by atoms with Crippen molar-refractivity contribution in [1.29, 1.82) is 0 Å². The third-order valence-corrected chi connectivity index (χ3v) is 2.17. The number of aliphatic carboxylic acids is 1.